The zero-order chi connectivity index (χ0) is 14.8. The molecule has 5 heteroatoms. The van der Waals surface area contributed by atoms with E-state index in [0.29, 0.717) is 0 Å². The van der Waals surface area contributed by atoms with Crippen LogP contribution in [0.4, 0.5) is 9.18 Å². The van der Waals surface area contributed by atoms with E-state index >= 15 is 0 Å². The van der Waals surface area contributed by atoms with Crippen LogP contribution in [0.15, 0.2) is 47.4 Å². The van der Waals surface area contributed by atoms with Gasteiger partial charge in [0, 0.05) is 16.2 Å². The third-order valence-electron chi connectivity index (χ3n) is 3.41. The van der Waals surface area contributed by atoms with Crippen molar-refractivity contribution in [2.75, 3.05) is 5.75 Å². The molecule has 0 aliphatic carbocycles. The van der Waals surface area contributed by atoms with Gasteiger partial charge in [0.1, 0.15) is 11.9 Å². The predicted octanol–water partition coefficient (Wildman–Crippen LogP) is 4.12. The van der Waals surface area contributed by atoms with Gasteiger partial charge >= 0.3 is 6.09 Å². The van der Waals surface area contributed by atoms with Gasteiger partial charge in [0.25, 0.3) is 0 Å². The SMILES string of the molecule is NC(=O)OC1CCSc2cc(-c3cccc(F)c3)ccc21. The van der Waals surface area contributed by atoms with Crippen molar-refractivity contribution >= 4 is 17.9 Å². The molecule has 2 aromatic carbocycles. The topological polar surface area (TPSA) is 52.3 Å². The van der Waals surface area contributed by atoms with E-state index in [1.165, 1.54) is 12.1 Å². The summed E-state index contributed by atoms with van der Waals surface area (Å²) in [5.41, 5.74) is 7.85. The van der Waals surface area contributed by atoms with Gasteiger partial charge in [-0.2, -0.15) is 0 Å². The van der Waals surface area contributed by atoms with Crippen LogP contribution >= 0.6 is 11.8 Å². The molecule has 1 atom stereocenters. The van der Waals surface area contributed by atoms with Crippen molar-refractivity contribution in [1.29, 1.82) is 0 Å². The molecule has 2 N–H and O–H groups in total. The van der Waals surface area contributed by atoms with Gasteiger partial charge in [-0.05, 0) is 35.7 Å². The van der Waals surface area contributed by atoms with Gasteiger partial charge in [-0.3, -0.25) is 0 Å². The lowest BCUT2D eigenvalue weighted by Gasteiger charge is -2.24. The number of ether oxygens (including phenoxy) is 1. The number of carbonyl (C=O) groups is 1. The zero-order valence-corrected chi connectivity index (χ0v) is 12.0. The van der Waals surface area contributed by atoms with E-state index in [-0.39, 0.29) is 11.9 Å². The van der Waals surface area contributed by atoms with Crippen molar-refractivity contribution < 1.29 is 13.9 Å². The summed E-state index contributed by atoms with van der Waals surface area (Å²) in [5, 5.41) is 0. The smallest absolute Gasteiger partial charge is 0.405 e. The van der Waals surface area contributed by atoms with E-state index in [9.17, 15) is 9.18 Å². The Labute approximate surface area is 126 Å². The highest BCUT2D eigenvalue weighted by Crippen LogP contribution is 2.40. The quantitative estimate of drug-likeness (QED) is 0.907. The fourth-order valence-electron chi connectivity index (χ4n) is 2.47. The van der Waals surface area contributed by atoms with Crippen LogP contribution in [0.2, 0.25) is 0 Å². The first kappa shape index (κ1) is 13.9. The first-order valence-corrected chi connectivity index (χ1v) is 7.61. The molecule has 2 aromatic rings. The fraction of sp³-hybridized carbons (Fsp3) is 0.188. The number of halogens is 1. The van der Waals surface area contributed by atoms with Crippen LogP contribution in [0.25, 0.3) is 11.1 Å². The molecule has 1 heterocycles. The van der Waals surface area contributed by atoms with Crippen LogP contribution < -0.4 is 5.73 Å². The molecule has 0 spiro atoms. The van der Waals surface area contributed by atoms with Gasteiger partial charge in [0.15, 0.2) is 0 Å². The van der Waals surface area contributed by atoms with Crippen LogP contribution in [0, 0.1) is 5.82 Å². The molecule has 1 aliphatic heterocycles. The number of hydrogen-bond donors (Lipinski definition) is 1. The minimum absolute atomic E-state index is 0.257. The molecule has 1 amide bonds. The Morgan fingerprint density at radius 2 is 2.05 bits per heavy atom. The fourth-order valence-corrected chi connectivity index (χ4v) is 3.60. The Kier molecular flexibility index (Phi) is 3.84. The first-order chi connectivity index (χ1) is 10.1. The summed E-state index contributed by atoms with van der Waals surface area (Å²) in [6.07, 6.45) is -0.299. The molecule has 0 saturated heterocycles. The molecule has 0 radical (unpaired) electrons. The maximum Gasteiger partial charge on any atom is 0.405 e. The number of rotatable bonds is 2. The first-order valence-electron chi connectivity index (χ1n) is 6.62. The second kappa shape index (κ2) is 5.77. The van der Waals surface area contributed by atoms with E-state index in [1.807, 2.05) is 24.3 Å². The highest BCUT2D eigenvalue weighted by Gasteiger charge is 2.23. The third-order valence-corrected chi connectivity index (χ3v) is 4.52. The maximum absolute atomic E-state index is 13.3. The Balaban J connectivity index is 1.96. The summed E-state index contributed by atoms with van der Waals surface area (Å²) in [6.45, 7) is 0. The molecule has 3 nitrogen and oxygen atoms in total. The van der Waals surface area contributed by atoms with Crippen molar-refractivity contribution in [3.8, 4) is 11.1 Å². The maximum atomic E-state index is 13.3. The largest absolute Gasteiger partial charge is 0.441 e. The number of nitrogens with two attached hydrogens (primary N) is 1. The molecule has 0 bridgehead atoms. The van der Waals surface area contributed by atoms with Crippen LogP contribution in [0.3, 0.4) is 0 Å². The molecule has 0 saturated carbocycles. The van der Waals surface area contributed by atoms with Gasteiger partial charge in [-0.25, -0.2) is 9.18 Å². The lowest BCUT2D eigenvalue weighted by molar-refractivity contribution is 0.102. The van der Waals surface area contributed by atoms with E-state index in [0.717, 1.165) is 33.8 Å². The van der Waals surface area contributed by atoms with Crippen molar-refractivity contribution in [3.05, 3.63) is 53.8 Å². The Hall–Kier alpha value is -2.01. The number of thioether (sulfide) groups is 1. The third kappa shape index (κ3) is 3.03. The lowest BCUT2D eigenvalue weighted by atomic mass is 10.0. The second-order valence-corrected chi connectivity index (χ2v) is 5.96. The number of carbonyl (C=O) groups excluding carboxylic acids is 1. The number of amides is 1. The summed E-state index contributed by atoms with van der Waals surface area (Å²) in [7, 11) is 0. The number of benzene rings is 2. The summed E-state index contributed by atoms with van der Waals surface area (Å²) >= 11 is 1.71. The average molecular weight is 303 g/mol. The van der Waals surface area contributed by atoms with Gasteiger partial charge < -0.3 is 10.5 Å². The van der Waals surface area contributed by atoms with Crippen molar-refractivity contribution in [3.63, 3.8) is 0 Å². The van der Waals surface area contributed by atoms with Crippen molar-refractivity contribution in [2.45, 2.75) is 17.4 Å². The van der Waals surface area contributed by atoms with E-state index in [4.69, 9.17) is 10.5 Å². The van der Waals surface area contributed by atoms with Crippen molar-refractivity contribution in [2.24, 2.45) is 5.73 Å². The van der Waals surface area contributed by atoms with E-state index in [1.54, 1.807) is 17.8 Å². The number of hydrogen-bond acceptors (Lipinski definition) is 3. The molecule has 1 unspecified atom stereocenters. The van der Waals surface area contributed by atoms with Gasteiger partial charge in [0.2, 0.25) is 0 Å². The van der Waals surface area contributed by atoms with Crippen LogP contribution in [0.1, 0.15) is 18.1 Å². The van der Waals surface area contributed by atoms with E-state index < -0.39 is 6.09 Å². The Morgan fingerprint density at radius 3 is 2.81 bits per heavy atom. The summed E-state index contributed by atoms with van der Waals surface area (Å²) in [4.78, 5) is 12.0. The lowest BCUT2D eigenvalue weighted by Crippen LogP contribution is -2.20. The molecule has 1 aliphatic rings. The molecule has 3 rings (SSSR count). The number of primary amides is 1. The monoisotopic (exact) mass is 303 g/mol. The number of fused-ring (bicyclic) bond motifs is 1. The zero-order valence-electron chi connectivity index (χ0n) is 11.2. The molecule has 108 valence electrons. The minimum Gasteiger partial charge on any atom is -0.441 e. The summed E-state index contributed by atoms with van der Waals surface area (Å²) < 4.78 is 18.5. The van der Waals surface area contributed by atoms with Gasteiger partial charge in [0.05, 0.1) is 0 Å². The summed E-state index contributed by atoms with van der Waals surface area (Å²) in [6, 6.07) is 12.3. The molecular formula is C16H14FNO2S. The normalized spacial score (nSPS) is 17.1. The predicted molar refractivity (Wildman–Crippen MR) is 80.6 cm³/mol. The molecule has 0 fully saturated rings. The molecular weight excluding hydrogens is 289 g/mol. The highest BCUT2D eigenvalue weighted by molar-refractivity contribution is 7.99. The van der Waals surface area contributed by atoms with Gasteiger partial charge in [-0.15, -0.1) is 11.8 Å². The summed E-state index contributed by atoms with van der Waals surface area (Å²) in [5.74, 6) is 0.602. The van der Waals surface area contributed by atoms with Gasteiger partial charge in [-0.1, -0.05) is 24.3 Å². The second-order valence-electron chi connectivity index (χ2n) is 4.83. The van der Waals surface area contributed by atoms with Crippen LogP contribution in [-0.2, 0) is 4.74 Å². The Morgan fingerprint density at radius 1 is 1.24 bits per heavy atom. The van der Waals surface area contributed by atoms with E-state index in [2.05, 4.69) is 0 Å². The highest BCUT2D eigenvalue weighted by atomic mass is 32.2. The Bertz CT molecular complexity index is 690. The van der Waals surface area contributed by atoms with Crippen LogP contribution in [-0.4, -0.2) is 11.8 Å². The average Bonchev–Trinajstić information content (AvgIpc) is 2.46. The minimum atomic E-state index is -0.757. The van der Waals surface area contributed by atoms with Crippen molar-refractivity contribution in [1.82, 2.24) is 0 Å². The van der Waals surface area contributed by atoms with Crippen LogP contribution in [0.5, 0.6) is 0 Å². The molecule has 0 aromatic heterocycles. The standard InChI is InChI=1S/C16H14FNO2S/c17-12-3-1-2-10(8-12)11-4-5-13-14(20-16(18)19)6-7-21-15(13)9-11/h1-5,8-9,14H,6-7H2,(H2,18,19). The molecule has 21 heavy (non-hydrogen) atoms.